The Hall–Kier alpha value is -2.99. The topological polar surface area (TPSA) is 66.6 Å². The van der Waals surface area contributed by atoms with Crippen LogP contribution < -0.4 is 10.1 Å². The van der Waals surface area contributed by atoms with Crippen LogP contribution in [-0.2, 0) is 11.2 Å². The number of amides is 2. The molecule has 1 aromatic heterocycles. The molecule has 6 heteroatoms. The fourth-order valence-electron chi connectivity index (χ4n) is 4.32. The fourth-order valence-corrected chi connectivity index (χ4v) is 4.32. The number of nitrogens with zero attached hydrogens (tertiary/aromatic N) is 1. The lowest BCUT2D eigenvalue weighted by molar-refractivity contribution is 0.143. The van der Waals surface area contributed by atoms with Gasteiger partial charge >= 0.3 is 6.03 Å². The largest absolute Gasteiger partial charge is 0.497 e. The number of carbonyl (C=O) groups excluding carboxylic acids is 1. The van der Waals surface area contributed by atoms with Gasteiger partial charge in [-0.25, -0.2) is 4.79 Å². The van der Waals surface area contributed by atoms with Gasteiger partial charge in [-0.2, -0.15) is 0 Å². The quantitative estimate of drug-likeness (QED) is 0.549. The molecule has 2 heterocycles. The van der Waals surface area contributed by atoms with Crippen molar-refractivity contribution in [2.24, 2.45) is 0 Å². The molecule has 164 valence electrons. The lowest BCUT2D eigenvalue weighted by Gasteiger charge is -2.36. The van der Waals surface area contributed by atoms with Crippen molar-refractivity contribution in [1.82, 2.24) is 15.2 Å². The van der Waals surface area contributed by atoms with Crippen molar-refractivity contribution in [3.63, 3.8) is 0 Å². The highest BCUT2D eigenvalue weighted by molar-refractivity contribution is 5.87. The Balaban J connectivity index is 1.67. The van der Waals surface area contributed by atoms with Gasteiger partial charge in [-0.05, 0) is 56.0 Å². The second-order valence-corrected chi connectivity index (χ2v) is 7.97. The van der Waals surface area contributed by atoms with Crippen LogP contribution in [0, 0.1) is 6.92 Å². The van der Waals surface area contributed by atoms with Gasteiger partial charge in [0.2, 0.25) is 0 Å². The molecule has 31 heavy (non-hydrogen) atoms. The number of hydrogen-bond acceptors (Lipinski definition) is 3. The molecule has 0 saturated heterocycles. The first kappa shape index (κ1) is 21.2. The molecule has 1 aliphatic rings. The number of fused-ring (bicyclic) bond motifs is 3. The molecule has 1 aliphatic heterocycles. The summed E-state index contributed by atoms with van der Waals surface area (Å²) in [5.74, 6) is 0.843. The monoisotopic (exact) mass is 421 g/mol. The van der Waals surface area contributed by atoms with Crippen LogP contribution in [0.15, 0.2) is 42.5 Å². The zero-order valence-electron chi connectivity index (χ0n) is 18.5. The summed E-state index contributed by atoms with van der Waals surface area (Å²) in [5.41, 5.74) is 5.73. The smallest absolute Gasteiger partial charge is 0.318 e. The summed E-state index contributed by atoms with van der Waals surface area (Å²) in [6.07, 6.45) is 1.61. The number of urea groups is 1. The molecular weight excluding hydrogens is 390 g/mol. The number of aromatic nitrogens is 1. The molecule has 0 bridgehead atoms. The second-order valence-electron chi connectivity index (χ2n) is 7.97. The normalized spacial score (nSPS) is 15.7. The van der Waals surface area contributed by atoms with E-state index < -0.39 is 0 Å². The van der Waals surface area contributed by atoms with Crippen molar-refractivity contribution in [2.45, 2.75) is 32.7 Å². The predicted molar refractivity (Wildman–Crippen MR) is 123 cm³/mol. The van der Waals surface area contributed by atoms with Crippen molar-refractivity contribution in [1.29, 1.82) is 0 Å². The molecule has 2 aromatic carbocycles. The first-order chi connectivity index (χ1) is 15.1. The van der Waals surface area contributed by atoms with Gasteiger partial charge in [0, 0.05) is 42.9 Å². The third-order valence-electron chi connectivity index (χ3n) is 5.93. The van der Waals surface area contributed by atoms with Crippen LogP contribution in [-0.4, -0.2) is 49.3 Å². The summed E-state index contributed by atoms with van der Waals surface area (Å²) in [7, 11) is 1.69. The summed E-state index contributed by atoms with van der Waals surface area (Å²) in [5, 5.41) is 4.25. The van der Waals surface area contributed by atoms with Gasteiger partial charge in [0.1, 0.15) is 5.75 Å². The van der Waals surface area contributed by atoms with Crippen molar-refractivity contribution in [2.75, 3.05) is 33.4 Å². The number of nitrogens with one attached hydrogen (secondary N) is 2. The molecule has 4 rings (SSSR count). The van der Waals surface area contributed by atoms with E-state index in [2.05, 4.69) is 53.6 Å². The van der Waals surface area contributed by atoms with Gasteiger partial charge in [-0.3, -0.25) is 0 Å². The Kier molecular flexibility index (Phi) is 6.47. The molecule has 0 radical (unpaired) electrons. The maximum atomic E-state index is 13.1. The predicted octanol–water partition coefficient (Wildman–Crippen LogP) is 4.57. The molecule has 3 aromatic rings. The zero-order valence-corrected chi connectivity index (χ0v) is 18.5. The van der Waals surface area contributed by atoms with E-state index in [1.807, 2.05) is 17.9 Å². The van der Waals surface area contributed by atoms with Crippen LogP contribution in [0.4, 0.5) is 4.79 Å². The third kappa shape index (κ3) is 4.39. The Bertz CT molecular complexity index is 1040. The summed E-state index contributed by atoms with van der Waals surface area (Å²) in [4.78, 5) is 18.7. The standard InChI is InChI=1S/C25H31N3O3/c1-4-31-15-5-13-26-25(29)28-14-12-20-21-16-19(30-3)10-11-22(21)27-23(20)24(28)18-8-6-17(2)7-9-18/h6-11,16,24,27H,4-5,12-15H2,1-3H3,(H,26,29)/t24-/m1/s1. The van der Waals surface area contributed by atoms with Crippen molar-refractivity contribution < 1.29 is 14.3 Å². The molecule has 0 fully saturated rings. The highest BCUT2D eigenvalue weighted by Gasteiger charge is 2.34. The van der Waals surface area contributed by atoms with Gasteiger partial charge < -0.3 is 24.7 Å². The number of benzene rings is 2. The van der Waals surface area contributed by atoms with E-state index in [0.29, 0.717) is 26.3 Å². The Morgan fingerprint density at radius 3 is 2.77 bits per heavy atom. The number of H-pyrrole nitrogens is 1. The number of methoxy groups -OCH3 is 1. The van der Waals surface area contributed by atoms with E-state index in [4.69, 9.17) is 9.47 Å². The first-order valence-corrected chi connectivity index (χ1v) is 11.0. The van der Waals surface area contributed by atoms with Gasteiger partial charge in [0.15, 0.2) is 0 Å². The van der Waals surface area contributed by atoms with Crippen LogP contribution in [0.3, 0.4) is 0 Å². The summed E-state index contributed by atoms with van der Waals surface area (Å²) in [6.45, 7) is 6.68. The Morgan fingerprint density at radius 1 is 1.23 bits per heavy atom. The van der Waals surface area contributed by atoms with Gasteiger partial charge in [-0.15, -0.1) is 0 Å². The van der Waals surface area contributed by atoms with E-state index >= 15 is 0 Å². The van der Waals surface area contributed by atoms with Crippen LogP contribution in [0.2, 0.25) is 0 Å². The zero-order chi connectivity index (χ0) is 21.8. The van der Waals surface area contributed by atoms with Crippen molar-refractivity contribution in [3.05, 3.63) is 64.8 Å². The van der Waals surface area contributed by atoms with Gasteiger partial charge in [0.25, 0.3) is 0 Å². The van der Waals surface area contributed by atoms with Crippen molar-refractivity contribution in [3.8, 4) is 5.75 Å². The highest BCUT2D eigenvalue weighted by atomic mass is 16.5. The lowest BCUT2D eigenvalue weighted by Crippen LogP contribution is -2.46. The minimum atomic E-state index is -0.158. The van der Waals surface area contributed by atoms with Crippen LogP contribution >= 0.6 is 0 Å². The Labute approximate surface area is 183 Å². The average Bonchev–Trinajstić information content (AvgIpc) is 3.16. The molecule has 1 atom stereocenters. The number of aryl methyl sites for hydroxylation is 1. The number of aromatic amines is 1. The molecule has 0 aliphatic carbocycles. The fraction of sp³-hybridized carbons (Fsp3) is 0.400. The van der Waals surface area contributed by atoms with Crippen LogP contribution in [0.1, 0.15) is 41.8 Å². The molecular formula is C25H31N3O3. The molecule has 0 spiro atoms. The van der Waals surface area contributed by atoms with Gasteiger partial charge in [0.05, 0.1) is 13.2 Å². The van der Waals surface area contributed by atoms with E-state index in [1.165, 1.54) is 16.5 Å². The highest BCUT2D eigenvalue weighted by Crippen LogP contribution is 2.39. The third-order valence-corrected chi connectivity index (χ3v) is 5.93. The van der Waals surface area contributed by atoms with Crippen molar-refractivity contribution >= 4 is 16.9 Å². The molecule has 2 amide bonds. The number of carbonyl (C=O) groups is 1. The van der Waals surface area contributed by atoms with E-state index in [0.717, 1.165) is 35.4 Å². The molecule has 6 nitrogen and oxygen atoms in total. The lowest BCUT2D eigenvalue weighted by atomic mass is 9.92. The maximum Gasteiger partial charge on any atom is 0.318 e. The Morgan fingerprint density at radius 2 is 2.03 bits per heavy atom. The van der Waals surface area contributed by atoms with Crippen LogP contribution in [0.5, 0.6) is 5.75 Å². The summed E-state index contributed by atoms with van der Waals surface area (Å²) in [6, 6.07) is 14.4. The van der Waals surface area contributed by atoms with Gasteiger partial charge in [-0.1, -0.05) is 29.8 Å². The van der Waals surface area contributed by atoms with Crippen LogP contribution in [0.25, 0.3) is 10.9 Å². The summed E-state index contributed by atoms with van der Waals surface area (Å²) < 4.78 is 10.8. The van der Waals surface area contributed by atoms with E-state index in [1.54, 1.807) is 7.11 Å². The summed E-state index contributed by atoms with van der Waals surface area (Å²) >= 11 is 0. The number of hydrogen-bond donors (Lipinski definition) is 2. The minimum absolute atomic E-state index is 0.0380. The SMILES string of the molecule is CCOCCCNC(=O)N1CCc2c([nH]c3ccc(OC)cc23)[C@H]1c1ccc(C)cc1. The molecule has 0 unspecified atom stereocenters. The second kappa shape index (κ2) is 9.43. The first-order valence-electron chi connectivity index (χ1n) is 11.0. The number of ether oxygens (including phenoxy) is 2. The van der Waals surface area contributed by atoms with E-state index in [9.17, 15) is 4.79 Å². The average molecular weight is 422 g/mol. The minimum Gasteiger partial charge on any atom is -0.497 e. The molecule has 2 N–H and O–H groups in total. The number of rotatable bonds is 7. The maximum absolute atomic E-state index is 13.1. The molecule has 0 saturated carbocycles. The van der Waals surface area contributed by atoms with E-state index in [-0.39, 0.29) is 12.1 Å².